The highest BCUT2D eigenvalue weighted by atomic mass is 16.4. The van der Waals surface area contributed by atoms with Crippen LogP contribution in [0.4, 0.5) is 0 Å². The van der Waals surface area contributed by atoms with Crippen molar-refractivity contribution in [3.8, 4) is 0 Å². The Morgan fingerprint density at radius 3 is 2.86 bits per heavy atom. The van der Waals surface area contributed by atoms with Crippen LogP contribution in [0.15, 0.2) is 22.3 Å². The molecule has 2 aliphatic rings. The minimum atomic E-state index is 0.490. The Hall–Kier alpha value is -1.12. The normalized spacial score (nSPS) is 37.5. The Labute approximate surface area is 84.2 Å². The molecular weight excluding hydrogens is 176 g/mol. The molecule has 0 bridgehead atoms. The number of rotatable bonds is 0. The highest BCUT2D eigenvalue weighted by Crippen LogP contribution is 2.34. The quantitative estimate of drug-likeness (QED) is 0.464. The van der Waals surface area contributed by atoms with Crippen LogP contribution in [0.2, 0.25) is 0 Å². The maximum atomic E-state index is 8.84. The molecule has 0 aromatic rings. The van der Waals surface area contributed by atoms with Crippen LogP contribution in [0.5, 0.6) is 0 Å². The Bertz CT molecular complexity index is 304. The lowest BCUT2D eigenvalue weighted by Crippen LogP contribution is -2.34. The monoisotopic (exact) mass is 192 g/mol. The lowest BCUT2D eigenvalue weighted by atomic mass is 9.72. The van der Waals surface area contributed by atoms with E-state index >= 15 is 0 Å². The predicted molar refractivity (Wildman–Crippen MR) is 57.2 cm³/mol. The van der Waals surface area contributed by atoms with Crippen molar-refractivity contribution in [3.63, 3.8) is 0 Å². The van der Waals surface area contributed by atoms with E-state index in [1.54, 1.807) is 7.05 Å². The number of allylic oxidation sites excluding steroid dienone is 2. The molecule has 14 heavy (non-hydrogen) atoms. The van der Waals surface area contributed by atoms with Crippen LogP contribution in [-0.2, 0) is 0 Å². The Morgan fingerprint density at radius 1 is 1.36 bits per heavy atom. The summed E-state index contributed by atoms with van der Waals surface area (Å²) in [6, 6.07) is 0. The average Bonchev–Trinajstić information content (AvgIpc) is 2.27. The fourth-order valence-electron chi connectivity index (χ4n) is 2.58. The van der Waals surface area contributed by atoms with Crippen molar-refractivity contribution in [2.24, 2.45) is 22.0 Å². The SMILES string of the molecule is CN=C1/C(=N/O)C=C[C@H]2CCCC[C@H]12. The van der Waals surface area contributed by atoms with Crippen LogP contribution in [0.3, 0.4) is 0 Å². The second kappa shape index (κ2) is 3.95. The molecule has 0 heterocycles. The fraction of sp³-hybridized carbons (Fsp3) is 0.636. The first-order valence-electron chi connectivity index (χ1n) is 5.24. The van der Waals surface area contributed by atoms with E-state index in [1.807, 2.05) is 6.08 Å². The van der Waals surface area contributed by atoms with Gasteiger partial charge in [0.1, 0.15) is 5.71 Å². The van der Waals surface area contributed by atoms with E-state index in [0.717, 1.165) is 5.71 Å². The smallest absolute Gasteiger partial charge is 0.123 e. The summed E-state index contributed by atoms with van der Waals surface area (Å²) in [6.07, 6.45) is 9.09. The zero-order valence-corrected chi connectivity index (χ0v) is 8.48. The van der Waals surface area contributed by atoms with E-state index in [4.69, 9.17) is 5.21 Å². The Kier molecular flexibility index (Phi) is 2.66. The minimum Gasteiger partial charge on any atom is -0.410 e. The number of hydrogen-bond donors (Lipinski definition) is 1. The second-order valence-corrected chi connectivity index (χ2v) is 4.01. The number of hydrogen-bond acceptors (Lipinski definition) is 3. The molecule has 76 valence electrons. The first-order valence-corrected chi connectivity index (χ1v) is 5.24. The van der Waals surface area contributed by atoms with E-state index in [2.05, 4.69) is 16.2 Å². The molecule has 0 aromatic heterocycles. The molecule has 2 atom stereocenters. The van der Waals surface area contributed by atoms with Crippen LogP contribution in [0, 0.1) is 11.8 Å². The molecule has 1 N–H and O–H groups in total. The maximum absolute atomic E-state index is 8.84. The van der Waals surface area contributed by atoms with E-state index < -0.39 is 0 Å². The molecule has 2 rings (SSSR count). The third-order valence-electron chi connectivity index (χ3n) is 3.28. The summed E-state index contributed by atoms with van der Waals surface area (Å²) < 4.78 is 0. The molecule has 1 saturated carbocycles. The summed E-state index contributed by atoms with van der Waals surface area (Å²) >= 11 is 0. The van der Waals surface area contributed by atoms with Gasteiger partial charge in [-0.15, -0.1) is 0 Å². The van der Waals surface area contributed by atoms with Crippen molar-refractivity contribution < 1.29 is 5.21 Å². The van der Waals surface area contributed by atoms with Crippen molar-refractivity contribution in [2.45, 2.75) is 25.7 Å². The van der Waals surface area contributed by atoms with Gasteiger partial charge in [0.2, 0.25) is 0 Å². The van der Waals surface area contributed by atoms with Gasteiger partial charge in [-0.3, -0.25) is 4.99 Å². The van der Waals surface area contributed by atoms with Crippen LogP contribution < -0.4 is 0 Å². The molecule has 0 radical (unpaired) electrons. The largest absolute Gasteiger partial charge is 0.410 e. The van der Waals surface area contributed by atoms with Crippen LogP contribution in [-0.4, -0.2) is 23.7 Å². The lowest BCUT2D eigenvalue weighted by molar-refractivity contribution is 0.317. The van der Waals surface area contributed by atoms with E-state index in [0.29, 0.717) is 17.5 Å². The third kappa shape index (κ3) is 1.47. The summed E-state index contributed by atoms with van der Waals surface area (Å²) in [4.78, 5) is 4.26. The van der Waals surface area contributed by atoms with Gasteiger partial charge in [-0.25, -0.2) is 0 Å². The van der Waals surface area contributed by atoms with E-state index in [9.17, 15) is 0 Å². The van der Waals surface area contributed by atoms with Crippen molar-refractivity contribution in [1.29, 1.82) is 0 Å². The van der Waals surface area contributed by atoms with Crippen molar-refractivity contribution in [2.75, 3.05) is 7.05 Å². The number of aliphatic imine (C=N–C) groups is 1. The molecule has 0 saturated heterocycles. The van der Waals surface area contributed by atoms with Gasteiger partial charge in [0.05, 0.1) is 5.71 Å². The predicted octanol–water partition coefficient (Wildman–Crippen LogP) is 2.26. The second-order valence-electron chi connectivity index (χ2n) is 4.01. The van der Waals surface area contributed by atoms with Crippen LogP contribution in [0.25, 0.3) is 0 Å². The summed E-state index contributed by atoms with van der Waals surface area (Å²) in [5.74, 6) is 1.11. The number of oxime groups is 1. The Balaban J connectivity index is 2.32. The molecule has 0 unspecified atom stereocenters. The van der Waals surface area contributed by atoms with Gasteiger partial charge >= 0.3 is 0 Å². The number of fused-ring (bicyclic) bond motifs is 1. The third-order valence-corrected chi connectivity index (χ3v) is 3.28. The van der Waals surface area contributed by atoms with Gasteiger partial charge in [-0.05, 0) is 24.8 Å². The van der Waals surface area contributed by atoms with E-state index in [-0.39, 0.29) is 0 Å². The average molecular weight is 192 g/mol. The molecule has 0 spiro atoms. The van der Waals surface area contributed by atoms with Gasteiger partial charge in [-0.2, -0.15) is 0 Å². The molecule has 2 aliphatic carbocycles. The zero-order valence-electron chi connectivity index (χ0n) is 8.48. The maximum Gasteiger partial charge on any atom is 0.123 e. The summed E-state index contributed by atoms with van der Waals surface area (Å²) in [6.45, 7) is 0. The molecule has 0 aliphatic heterocycles. The zero-order chi connectivity index (χ0) is 9.97. The minimum absolute atomic E-state index is 0.490. The van der Waals surface area contributed by atoms with Crippen molar-refractivity contribution in [3.05, 3.63) is 12.2 Å². The van der Waals surface area contributed by atoms with Crippen LogP contribution in [0.1, 0.15) is 25.7 Å². The van der Waals surface area contributed by atoms with Gasteiger partial charge < -0.3 is 5.21 Å². The summed E-state index contributed by atoms with van der Waals surface area (Å²) in [7, 11) is 1.78. The van der Waals surface area contributed by atoms with Gasteiger partial charge in [0, 0.05) is 13.0 Å². The molecule has 3 nitrogen and oxygen atoms in total. The first-order chi connectivity index (χ1) is 6.86. The summed E-state index contributed by atoms with van der Waals surface area (Å²) in [5.41, 5.74) is 1.63. The highest BCUT2D eigenvalue weighted by molar-refractivity contribution is 6.47. The standard InChI is InChI=1S/C11H16N2O/c1-12-11-9-5-3-2-4-8(9)6-7-10(11)13-14/h6-9,14H,2-5H2,1H3/b12-11?,13-10+/t8-,9+/m1/s1. The van der Waals surface area contributed by atoms with E-state index in [1.165, 1.54) is 25.7 Å². The molecule has 0 amide bonds. The summed E-state index contributed by atoms with van der Waals surface area (Å²) in [5, 5.41) is 12.1. The van der Waals surface area contributed by atoms with Crippen molar-refractivity contribution in [1.82, 2.24) is 0 Å². The topological polar surface area (TPSA) is 45.0 Å². The molecule has 1 fully saturated rings. The first kappa shape index (κ1) is 9.44. The number of nitrogens with zero attached hydrogens (tertiary/aromatic N) is 2. The Morgan fingerprint density at radius 2 is 2.14 bits per heavy atom. The molecule has 0 aromatic carbocycles. The lowest BCUT2D eigenvalue weighted by Gasteiger charge is -2.33. The molecule has 3 heteroatoms. The van der Waals surface area contributed by atoms with Gasteiger partial charge in [0.25, 0.3) is 0 Å². The van der Waals surface area contributed by atoms with Crippen molar-refractivity contribution >= 4 is 11.4 Å². The van der Waals surface area contributed by atoms with Gasteiger partial charge in [-0.1, -0.05) is 24.1 Å². The van der Waals surface area contributed by atoms with Gasteiger partial charge in [0.15, 0.2) is 0 Å². The highest BCUT2D eigenvalue weighted by Gasteiger charge is 2.32. The molecular formula is C11H16N2O. The fourth-order valence-corrected chi connectivity index (χ4v) is 2.58. The van der Waals surface area contributed by atoms with Crippen LogP contribution >= 0.6 is 0 Å².